The molecule has 0 saturated carbocycles. The quantitative estimate of drug-likeness (QED) is 0.777. The normalized spacial score (nSPS) is 21.7. The molecule has 0 saturated heterocycles. The van der Waals surface area contributed by atoms with Gasteiger partial charge in [-0.15, -0.1) is 0 Å². The lowest BCUT2D eigenvalue weighted by molar-refractivity contribution is 0.0272. The van der Waals surface area contributed by atoms with Gasteiger partial charge in [0.15, 0.2) is 0 Å². The highest BCUT2D eigenvalue weighted by atomic mass is 16.5. The fraction of sp³-hybridized carbons (Fsp3) is 0.571. The minimum absolute atomic E-state index is 0.115. The van der Waals surface area contributed by atoms with Crippen molar-refractivity contribution in [2.45, 2.75) is 25.9 Å². The van der Waals surface area contributed by atoms with Crippen LogP contribution in [-0.4, -0.2) is 25.2 Å². The summed E-state index contributed by atoms with van der Waals surface area (Å²) in [6, 6.07) is 8.31. The van der Waals surface area contributed by atoms with E-state index in [0.717, 1.165) is 25.3 Å². The number of para-hydroxylation sites is 1. The van der Waals surface area contributed by atoms with Gasteiger partial charge >= 0.3 is 0 Å². The molecule has 3 nitrogen and oxygen atoms in total. The molecule has 0 fully saturated rings. The Morgan fingerprint density at radius 1 is 1.41 bits per heavy atom. The maximum absolute atomic E-state index is 6.09. The highest BCUT2D eigenvalue weighted by Crippen LogP contribution is 2.36. The topological polar surface area (TPSA) is 47.3 Å². The maximum atomic E-state index is 6.09. The fourth-order valence-electron chi connectivity index (χ4n) is 2.35. The van der Waals surface area contributed by atoms with E-state index in [9.17, 15) is 0 Å². The molecule has 3 heteroatoms. The summed E-state index contributed by atoms with van der Waals surface area (Å²) in [5.74, 6) is 1.52. The summed E-state index contributed by atoms with van der Waals surface area (Å²) in [5.41, 5.74) is 6.69. The fourth-order valence-corrected chi connectivity index (χ4v) is 2.35. The van der Waals surface area contributed by atoms with E-state index in [-0.39, 0.29) is 5.60 Å². The second-order valence-electron chi connectivity index (χ2n) is 5.21. The van der Waals surface area contributed by atoms with Crippen LogP contribution in [0.2, 0.25) is 0 Å². The van der Waals surface area contributed by atoms with Crippen LogP contribution >= 0.6 is 0 Å². The van der Waals surface area contributed by atoms with Gasteiger partial charge in [-0.3, -0.25) is 0 Å². The first-order chi connectivity index (χ1) is 8.13. The second-order valence-corrected chi connectivity index (χ2v) is 5.21. The van der Waals surface area contributed by atoms with E-state index in [1.807, 2.05) is 6.07 Å². The standard InChI is InChI=1S/C14H22N2O/c1-14(2)12(10-16-8-7-15)9-11-5-3-4-6-13(11)17-14/h3-6,12,16H,7-10,15H2,1-2H3. The molecule has 0 radical (unpaired) electrons. The molecule has 1 atom stereocenters. The molecule has 17 heavy (non-hydrogen) atoms. The van der Waals surface area contributed by atoms with Crippen molar-refractivity contribution in [3.63, 3.8) is 0 Å². The van der Waals surface area contributed by atoms with Crippen molar-refractivity contribution in [1.29, 1.82) is 0 Å². The summed E-state index contributed by atoms with van der Waals surface area (Å²) in [7, 11) is 0. The zero-order chi connectivity index (χ0) is 12.3. The summed E-state index contributed by atoms with van der Waals surface area (Å²) in [6.07, 6.45) is 1.07. The number of nitrogens with two attached hydrogens (primary N) is 1. The molecule has 3 N–H and O–H groups in total. The van der Waals surface area contributed by atoms with E-state index < -0.39 is 0 Å². The molecule has 1 aromatic rings. The Bertz CT molecular complexity index is 376. The van der Waals surface area contributed by atoms with Gasteiger partial charge in [0.2, 0.25) is 0 Å². The molecule has 0 amide bonds. The molecule has 94 valence electrons. The van der Waals surface area contributed by atoms with Crippen LogP contribution in [0.4, 0.5) is 0 Å². The minimum Gasteiger partial charge on any atom is -0.487 e. The van der Waals surface area contributed by atoms with Crippen LogP contribution in [0.25, 0.3) is 0 Å². The first-order valence-electron chi connectivity index (χ1n) is 6.31. The summed E-state index contributed by atoms with van der Waals surface area (Å²) >= 11 is 0. The van der Waals surface area contributed by atoms with Gasteiger partial charge in [-0.25, -0.2) is 0 Å². The minimum atomic E-state index is -0.115. The van der Waals surface area contributed by atoms with Gasteiger partial charge < -0.3 is 15.8 Å². The van der Waals surface area contributed by atoms with E-state index in [1.54, 1.807) is 0 Å². The third-order valence-electron chi connectivity index (χ3n) is 3.51. The highest BCUT2D eigenvalue weighted by molar-refractivity contribution is 5.36. The Hall–Kier alpha value is -1.06. The zero-order valence-corrected chi connectivity index (χ0v) is 10.7. The Balaban J connectivity index is 2.08. The molecule has 1 aliphatic rings. The SMILES string of the molecule is CC1(C)Oc2ccccc2CC1CNCCN. The lowest BCUT2D eigenvalue weighted by Gasteiger charge is -2.40. The van der Waals surface area contributed by atoms with Crippen molar-refractivity contribution in [2.75, 3.05) is 19.6 Å². The van der Waals surface area contributed by atoms with Gasteiger partial charge in [0.05, 0.1) is 0 Å². The monoisotopic (exact) mass is 234 g/mol. The van der Waals surface area contributed by atoms with Gasteiger partial charge in [-0.1, -0.05) is 18.2 Å². The number of hydrogen-bond acceptors (Lipinski definition) is 3. The molecule has 1 unspecified atom stereocenters. The average molecular weight is 234 g/mol. The Morgan fingerprint density at radius 2 is 2.18 bits per heavy atom. The van der Waals surface area contributed by atoms with E-state index in [2.05, 4.69) is 37.4 Å². The average Bonchev–Trinajstić information content (AvgIpc) is 2.29. The van der Waals surface area contributed by atoms with Gasteiger partial charge in [0.25, 0.3) is 0 Å². The summed E-state index contributed by atoms with van der Waals surface area (Å²) in [6.45, 7) is 6.84. The predicted molar refractivity (Wildman–Crippen MR) is 70.3 cm³/mol. The zero-order valence-electron chi connectivity index (χ0n) is 10.7. The summed E-state index contributed by atoms with van der Waals surface area (Å²) in [5, 5.41) is 3.39. The third kappa shape index (κ3) is 2.79. The van der Waals surface area contributed by atoms with Gasteiger partial charge in [-0.05, 0) is 31.9 Å². The Morgan fingerprint density at radius 3 is 2.94 bits per heavy atom. The Labute approximate surface area is 103 Å². The lowest BCUT2D eigenvalue weighted by Crippen LogP contribution is -2.47. The molecular formula is C14H22N2O. The van der Waals surface area contributed by atoms with E-state index in [4.69, 9.17) is 10.5 Å². The number of rotatable bonds is 4. The smallest absolute Gasteiger partial charge is 0.123 e. The predicted octanol–water partition coefficient (Wildman–Crippen LogP) is 1.56. The number of nitrogens with one attached hydrogen (secondary N) is 1. The van der Waals surface area contributed by atoms with Crippen molar-refractivity contribution in [3.8, 4) is 5.75 Å². The molecule has 0 aromatic heterocycles. The summed E-state index contributed by atoms with van der Waals surface area (Å²) in [4.78, 5) is 0. The van der Waals surface area contributed by atoms with E-state index in [1.165, 1.54) is 5.56 Å². The number of fused-ring (bicyclic) bond motifs is 1. The van der Waals surface area contributed by atoms with Gasteiger partial charge in [0, 0.05) is 25.6 Å². The van der Waals surface area contributed by atoms with Crippen LogP contribution in [0.5, 0.6) is 5.75 Å². The molecule has 1 aliphatic heterocycles. The lowest BCUT2D eigenvalue weighted by atomic mass is 9.82. The van der Waals surface area contributed by atoms with Crippen LogP contribution in [0.3, 0.4) is 0 Å². The molecule has 1 heterocycles. The van der Waals surface area contributed by atoms with E-state index >= 15 is 0 Å². The van der Waals surface area contributed by atoms with Crippen molar-refractivity contribution >= 4 is 0 Å². The molecule has 1 aromatic carbocycles. The number of benzene rings is 1. The summed E-state index contributed by atoms with van der Waals surface area (Å²) < 4.78 is 6.09. The molecule has 0 aliphatic carbocycles. The largest absolute Gasteiger partial charge is 0.487 e. The van der Waals surface area contributed by atoms with Gasteiger partial charge in [-0.2, -0.15) is 0 Å². The van der Waals surface area contributed by atoms with Crippen molar-refractivity contribution in [2.24, 2.45) is 11.7 Å². The molecule has 0 bridgehead atoms. The van der Waals surface area contributed by atoms with Crippen molar-refractivity contribution < 1.29 is 4.74 Å². The van der Waals surface area contributed by atoms with Crippen LogP contribution in [0.1, 0.15) is 19.4 Å². The highest BCUT2D eigenvalue weighted by Gasteiger charge is 2.36. The second kappa shape index (κ2) is 5.07. The van der Waals surface area contributed by atoms with Crippen LogP contribution in [0, 0.1) is 5.92 Å². The number of ether oxygens (including phenoxy) is 1. The van der Waals surface area contributed by atoms with Crippen LogP contribution in [0.15, 0.2) is 24.3 Å². The number of hydrogen-bond donors (Lipinski definition) is 2. The van der Waals surface area contributed by atoms with Crippen molar-refractivity contribution in [3.05, 3.63) is 29.8 Å². The molecular weight excluding hydrogens is 212 g/mol. The van der Waals surface area contributed by atoms with Crippen LogP contribution < -0.4 is 15.8 Å². The first-order valence-corrected chi connectivity index (χ1v) is 6.31. The van der Waals surface area contributed by atoms with Gasteiger partial charge in [0.1, 0.15) is 11.4 Å². The van der Waals surface area contributed by atoms with E-state index in [0.29, 0.717) is 12.5 Å². The maximum Gasteiger partial charge on any atom is 0.123 e. The van der Waals surface area contributed by atoms with Crippen LogP contribution in [-0.2, 0) is 6.42 Å². The Kier molecular flexibility index (Phi) is 3.69. The molecule has 2 rings (SSSR count). The molecule has 0 spiro atoms. The third-order valence-corrected chi connectivity index (χ3v) is 3.51. The first kappa shape index (κ1) is 12.4. The van der Waals surface area contributed by atoms with Crippen molar-refractivity contribution in [1.82, 2.24) is 5.32 Å².